The van der Waals surface area contributed by atoms with Crippen molar-refractivity contribution in [2.24, 2.45) is 0 Å². The Hall–Kier alpha value is -3.98. The van der Waals surface area contributed by atoms with Crippen molar-refractivity contribution in [3.8, 4) is 0 Å². The molecule has 0 radical (unpaired) electrons. The quantitative estimate of drug-likeness (QED) is 0.317. The first-order chi connectivity index (χ1) is 17.4. The third-order valence-corrected chi connectivity index (χ3v) is 6.04. The lowest BCUT2D eigenvalue weighted by Gasteiger charge is -2.13. The van der Waals surface area contributed by atoms with E-state index in [1.165, 1.54) is 16.5 Å². The molecule has 0 saturated heterocycles. The number of hydrogen-bond donors (Lipinski definition) is 0. The SMILES string of the molecule is COCCn1cnc2c1c(=O)n(CC(=O)OCc1ccc(C(C)C)cc1)c(=O)n2Cc1ccccc1. The summed E-state index contributed by atoms with van der Waals surface area (Å²) in [5, 5.41) is 0. The summed E-state index contributed by atoms with van der Waals surface area (Å²) in [6.07, 6.45) is 1.51. The Kier molecular flexibility index (Phi) is 7.80. The molecule has 0 saturated carbocycles. The highest BCUT2D eigenvalue weighted by atomic mass is 16.5. The van der Waals surface area contributed by atoms with Gasteiger partial charge < -0.3 is 14.0 Å². The second-order valence-electron chi connectivity index (χ2n) is 8.91. The molecule has 0 fully saturated rings. The molecule has 2 aromatic heterocycles. The first-order valence-corrected chi connectivity index (χ1v) is 11.8. The van der Waals surface area contributed by atoms with Crippen molar-refractivity contribution in [1.29, 1.82) is 0 Å². The number of methoxy groups -OCH3 is 1. The van der Waals surface area contributed by atoms with Crippen molar-refractivity contribution < 1.29 is 14.3 Å². The van der Waals surface area contributed by atoms with Crippen LogP contribution in [0.4, 0.5) is 0 Å². The lowest BCUT2D eigenvalue weighted by Crippen LogP contribution is -2.42. The Bertz CT molecular complexity index is 1450. The molecule has 0 spiro atoms. The summed E-state index contributed by atoms with van der Waals surface area (Å²) in [5.74, 6) is -0.269. The van der Waals surface area contributed by atoms with Gasteiger partial charge in [-0.25, -0.2) is 14.3 Å². The first-order valence-electron chi connectivity index (χ1n) is 11.8. The summed E-state index contributed by atoms with van der Waals surface area (Å²) in [7, 11) is 1.56. The number of benzene rings is 2. The number of fused-ring (bicyclic) bond motifs is 1. The van der Waals surface area contributed by atoms with Crippen LogP contribution in [0.3, 0.4) is 0 Å². The predicted molar refractivity (Wildman–Crippen MR) is 136 cm³/mol. The van der Waals surface area contributed by atoms with E-state index in [0.717, 1.165) is 15.7 Å². The third-order valence-electron chi connectivity index (χ3n) is 6.04. The number of aromatic nitrogens is 4. The summed E-state index contributed by atoms with van der Waals surface area (Å²) in [5.41, 5.74) is 2.17. The summed E-state index contributed by atoms with van der Waals surface area (Å²) >= 11 is 0. The van der Waals surface area contributed by atoms with Crippen LogP contribution in [0.5, 0.6) is 0 Å². The molecule has 9 nitrogen and oxygen atoms in total. The smallest absolute Gasteiger partial charge is 0.333 e. The van der Waals surface area contributed by atoms with Crippen LogP contribution in [0, 0.1) is 0 Å². The maximum Gasteiger partial charge on any atom is 0.333 e. The Labute approximate surface area is 208 Å². The standard InChI is InChI=1S/C27H30N4O5/c1-19(2)22-11-9-21(10-12-22)17-36-23(32)16-31-26(33)24-25(28-18-29(24)13-14-35-3)30(27(31)34)15-20-7-5-4-6-8-20/h4-12,18-19H,13-17H2,1-3H3. The molecule has 0 bridgehead atoms. The molecule has 188 valence electrons. The molecular formula is C27H30N4O5. The lowest BCUT2D eigenvalue weighted by molar-refractivity contribution is -0.145. The van der Waals surface area contributed by atoms with Gasteiger partial charge in [0.1, 0.15) is 13.2 Å². The van der Waals surface area contributed by atoms with Gasteiger partial charge in [0, 0.05) is 13.7 Å². The van der Waals surface area contributed by atoms with E-state index in [1.54, 1.807) is 11.7 Å². The van der Waals surface area contributed by atoms with Crippen molar-refractivity contribution in [3.63, 3.8) is 0 Å². The van der Waals surface area contributed by atoms with Crippen molar-refractivity contribution in [2.75, 3.05) is 13.7 Å². The van der Waals surface area contributed by atoms with Crippen molar-refractivity contribution in [1.82, 2.24) is 18.7 Å². The van der Waals surface area contributed by atoms with Crippen molar-refractivity contribution >= 4 is 17.1 Å². The average molecular weight is 491 g/mol. The van der Waals surface area contributed by atoms with Crippen LogP contribution in [-0.2, 0) is 40.5 Å². The molecule has 9 heteroatoms. The molecule has 0 aliphatic rings. The zero-order valence-electron chi connectivity index (χ0n) is 20.7. The van der Waals surface area contributed by atoms with Gasteiger partial charge in [-0.2, -0.15) is 0 Å². The lowest BCUT2D eigenvalue weighted by atomic mass is 10.0. The zero-order chi connectivity index (χ0) is 25.7. The number of hydrogen-bond acceptors (Lipinski definition) is 6. The zero-order valence-corrected chi connectivity index (χ0v) is 20.7. The van der Waals surface area contributed by atoms with E-state index in [-0.39, 0.29) is 24.3 Å². The van der Waals surface area contributed by atoms with Crippen molar-refractivity contribution in [2.45, 2.75) is 46.0 Å². The van der Waals surface area contributed by atoms with E-state index >= 15 is 0 Å². The van der Waals surface area contributed by atoms with Crippen LogP contribution < -0.4 is 11.2 Å². The van der Waals surface area contributed by atoms with Gasteiger partial charge in [0.05, 0.1) is 19.5 Å². The molecule has 0 aliphatic carbocycles. The number of imidazole rings is 1. The molecule has 4 rings (SSSR count). The van der Waals surface area contributed by atoms with E-state index in [2.05, 4.69) is 18.8 Å². The molecule has 0 unspecified atom stereocenters. The normalized spacial score (nSPS) is 11.3. The monoisotopic (exact) mass is 490 g/mol. The Morgan fingerprint density at radius 3 is 2.36 bits per heavy atom. The highest BCUT2D eigenvalue weighted by molar-refractivity contribution is 5.72. The molecule has 0 N–H and O–H groups in total. The number of esters is 1. The number of carbonyl (C=O) groups is 1. The second kappa shape index (κ2) is 11.2. The Morgan fingerprint density at radius 1 is 0.972 bits per heavy atom. The van der Waals surface area contributed by atoms with Crippen LogP contribution in [0.25, 0.3) is 11.2 Å². The van der Waals surface area contributed by atoms with E-state index < -0.39 is 23.8 Å². The van der Waals surface area contributed by atoms with Gasteiger partial charge >= 0.3 is 11.7 Å². The molecule has 2 heterocycles. The largest absolute Gasteiger partial charge is 0.459 e. The van der Waals surface area contributed by atoms with Crippen LogP contribution in [0.1, 0.15) is 36.5 Å². The predicted octanol–water partition coefficient (Wildman–Crippen LogP) is 2.92. The maximum atomic E-state index is 13.4. The Morgan fingerprint density at radius 2 is 1.69 bits per heavy atom. The first kappa shape index (κ1) is 25.1. The van der Waals surface area contributed by atoms with Gasteiger partial charge in [0.25, 0.3) is 5.56 Å². The van der Waals surface area contributed by atoms with E-state index in [0.29, 0.717) is 19.1 Å². The van der Waals surface area contributed by atoms with Gasteiger partial charge in [-0.05, 0) is 22.6 Å². The third kappa shape index (κ3) is 5.46. The topological polar surface area (TPSA) is 97.4 Å². The van der Waals surface area contributed by atoms with Crippen LogP contribution >= 0.6 is 0 Å². The molecule has 0 atom stereocenters. The average Bonchev–Trinajstić information content (AvgIpc) is 3.31. The number of carbonyl (C=O) groups excluding carboxylic acids is 1. The fourth-order valence-electron chi connectivity index (χ4n) is 3.98. The molecule has 4 aromatic rings. The second-order valence-corrected chi connectivity index (χ2v) is 8.91. The van der Waals surface area contributed by atoms with Gasteiger partial charge in [-0.1, -0.05) is 68.4 Å². The highest BCUT2D eigenvalue weighted by Crippen LogP contribution is 2.15. The van der Waals surface area contributed by atoms with E-state index in [1.807, 2.05) is 54.6 Å². The molecular weight excluding hydrogens is 460 g/mol. The van der Waals surface area contributed by atoms with Crippen LogP contribution in [-0.4, -0.2) is 38.4 Å². The van der Waals surface area contributed by atoms with Crippen LogP contribution in [0.15, 0.2) is 70.5 Å². The molecule has 2 aromatic carbocycles. The highest BCUT2D eigenvalue weighted by Gasteiger charge is 2.20. The minimum atomic E-state index is -0.671. The van der Waals surface area contributed by atoms with E-state index in [9.17, 15) is 14.4 Å². The number of rotatable bonds is 10. The minimum absolute atomic E-state index is 0.0538. The Balaban J connectivity index is 1.64. The summed E-state index contributed by atoms with van der Waals surface area (Å²) < 4.78 is 14.5. The van der Waals surface area contributed by atoms with Gasteiger partial charge in [0.2, 0.25) is 0 Å². The summed E-state index contributed by atoms with van der Waals surface area (Å²) in [4.78, 5) is 43.8. The molecule has 0 amide bonds. The summed E-state index contributed by atoms with van der Waals surface area (Å²) in [6.45, 7) is 4.71. The fraction of sp³-hybridized carbons (Fsp3) is 0.333. The summed E-state index contributed by atoms with van der Waals surface area (Å²) in [6, 6.07) is 17.2. The molecule has 36 heavy (non-hydrogen) atoms. The van der Waals surface area contributed by atoms with Gasteiger partial charge in [-0.15, -0.1) is 0 Å². The van der Waals surface area contributed by atoms with Crippen LogP contribution in [0.2, 0.25) is 0 Å². The van der Waals surface area contributed by atoms with E-state index in [4.69, 9.17) is 9.47 Å². The minimum Gasteiger partial charge on any atom is -0.459 e. The maximum absolute atomic E-state index is 13.4. The van der Waals surface area contributed by atoms with Gasteiger partial charge in [-0.3, -0.25) is 14.2 Å². The number of ether oxygens (including phenoxy) is 2. The molecule has 0 aliphatic heterocycles. The van der Waals surface area contributed by atoms with Crippen molar-refractivity contribution in [3.05, 3.63) is 98.5 Å². The van der Waals surface area contributed by atoms with Gasteiger partial charge in [0.15, 0.2) is 11.2 Å². The number of nitrogens with zero attached hydrogens (tertiary/aromatic N) is 4. The fourth-order valence-corrected chi connectivity index (χ4v) is 3.98.